The molecule has 1 aromatic carbocycles. The number of Topliss-reactive ketones (excluding diaryl/α,β-unsaturated/α-hetero) is 1. The van der Waals surface area contributed by atoms with Gasteiger partial charge in [0.1, 0.15) is 16.4 Å². The average Bonchev–Trinajstić information content (AvgIpc) is 3.77. The Morgan fingerprint density at radius 1 is 1.02 bits per heavy atom. The minimum Gasteiger partial charge on any atom is -0.291 e. The minimum atomic E-state index is -4.69. The van der Waals surface area contributed by atoms with E-state index in [4.69, 9.17) is 11.6 Å². The Morgan fingerprint density at radius 3 is 2.48 bits per heavy atom. The monoisotopic (exact) mass is 671 g/mol. The predicted octanol–water partition coefficient (Wildman–Crippen LogP) is 6.69. The minimum absolute atomic E-state index is 0.0283. The Labute approximate surface area is 266 Å². The van der Waals surface area contributed by atoms with Gasteiger partial charge < -0.3 is 0 Å². The number of benzene rings is 1. The number of alkyl halides is 3. The largest absolute Gasteiger partial charge is 0.416 e. The van der Waals surface area contributed by atoms with Gasteiger partial charge in [0.2, 0.25) is 10.0 Å². The van der Waals surface area contributed by atoms with E-state index in [0.29, 0.717) is 48.2 Å². The van der Waals surface area contributed by atoms with Crippen LogP contribution in [0.4, 0.5) is 17.6 Å². The lowest BCUT2D eigenvalue weighted by atomic mass is 9.60. The van der Waals surface area contributed by atoms with Crippen LogP contribution in [-0.4, -0.2) is 50.3 Å². The van der Waals surface area contributed by atoms with E-state index in [1.54, 1.807) is 23.0 Å². The van der Waals surface area contributed by atoms with Crippen LogP contribution in [0.2, 0.25) is 5.02 Å². The number of carbonyl (C=O) groups is 1. The van der Waals surface area contributed by atoms with Crippen molar-refractivity contribution in [2.45, 2.75) is 61.7 Å². The van der Waals surface area contributed by atoms with Crippen molar-refractivity contribution in [3.05, 3.63) is 106 Å². The van der Waals surface area contributed by atoms with Crippen LogP contribution >= 0.6 is 11.6 Å². The van der Waals surface area contributed by atoms with Gasteiger partial charge in [-0.3, -0.25) is 14.8 Å². The van der Waals surface area contributed by atoms with Gasteiger partial charge in [-0.25, -0.2) is 17.5 Å². The van der Waals surface area contributed by atoms with Crippen LogP contribution in [-0.2, 0) is 22.6 Å². The zero-order valence-electron chi connectivity index (χ0n) is 24.1. The number of rotatable bonds is 7. The summed E-state index contributed by atoms with van der Waals surface area (Å²) in [6.07, 6.45) is 4.28. The third-order valence-corrected chi connectivity index (χ3v) is 11.2. The molecule has 2 atom stereocenters. The van der Waals surface area contributed by atoms with Crippen molar-refractivity contribution in [2.75, 3.05) is 0 Å². The number of ketones is 1. The number of allylic oxidation sites excluding steroid dienone is 1. The molecule has 0 unspecified atom stereocenters. The van der Waals surface area contributed by atoms with Crippen LogP contribution in [0.15, 0.2) is 77.7 Å². The van der Waals surface area contributed by atoms with Crippen molar-refractivity contribution in [1.29, 1.82) is 0 Å². The van der Waals surface area contributed by atoms with Gasteiger partial charge in [0.25, 0.3) is 0 Å². The summed E-state index contributed by atoms with van der Waals surface area (Å²) in [6.45, 7) is 0. The summed E-state index contributed by atoms with van der Waals surface area (Å²) in [4.78, 5) is 22.5. The van der Waals surface area contributed by atoms with E-state index in [2.05, 4.69) is 15.1 Å². The SMILES string of the molecule is O=C(c1cc(C(F)(F)F)ccn1)[C@]12Cc3cnn(-c4ccc(F)cc4)c3C=C1CC[C@H](N(C1CC1)S(=O)(=O)c1cncc(Cl)c1)C2. The van der Waals surface area contributed by atoms with E-state index in [9.17, 15) is 30.8 Å². The zero-order chi connectivity index (χ0) is 32.4. The number of pyridine rings is 2. The maximum absolute atomic E-state index is 14.5. The molecule has 3 aromatic heterocycles. The van der Waals surface area contributed by atoms with E-state index in [0.717, 1.165) is 18.3 Å². The smallest absolute Gasteiger partial charge is 0.291 e. The van der Waals surface area contributed by atoms with Crippen molar-refractivity contribution in [1.82, 2.24) is 24.1 Å². The second kappa shape index (κ2) is 11.1. The molecule has 0 bridgehead atoms. The maximum Gasteiger partial charge on any atom is 0.416 e. The molecule has 3 heterocycles. The topological polar surface area (TPSA) is 98.0 Å². The summed E-state index contributed by atoms with van der Waals surface area (Å²) in [7, 11) is -4.09. The molecule has 0 radical (unpaired) electrons. The second-order valence-corrected chi connectivity index (χ2v) is 14.2. The molecular weight excluding hydrogens is 646 g/mol. The van der Waals surface area contributed by atoms with Gasteiger partial charge in [-0.1, -0.05) is 17.2 Å². The predicted molar refractivity (Wildman–Crippen MR) is 160 cm³/mol. The van der Waals surface area contributed by atoms with Crippen LogP contribution in [0.5, 0.6) is 0 Å². The molecule has 0 spiro atoms. The molecule has 46 heavy (non-hydrogen) atoms. The number of aromatic nitrogens is 4. The summed E-state index contributed by atoms with van der Waals surface area (Å²) in [5, 5.41) is 4.65. The van der Waals surface area contributed by atoms with E-state index >= 15 is 0 Å². The number of hydrogen-bond donors (Lipinski definition) is 0. The lowest BCUT2D eigenvalue weighted by Crippen LogP contribution is -2.51. The average molecular weight is 672 g/mol. The molecular formula is C32H26ClF4N5O3S. The number of nitrogens with zero attached hydrogens (tertiary/aromatic N) is 5. The molecule has 2 fully saturated rings. The number of fused-ring (bicyclic) bond motifs is 2. The zero-order valence-corrected chi connectivity index (χ0v) is 25.7. The Hall–Kier alpha value is -3.94. The highest BCUT2D eigenvalue weighted by molar-refractivity contribution is 7.89. The van der Waals surface area contributed by atoms with E-state index < -0.39 is 44.8 Å². The molecule has 14 heteroatoms. The van der Waals surface area contributed by atoms with Crippen LogP contribution in [0.3, 0.4) is 0 Å². The third-order valence-electron chi connectivity index (χ3n) is 8.98. The molecule has 3 aliphatic rings. The Kier molecular flexibility index (Phi) is 7.41. The van der Waals surface area contributed by atoms with Gasteiger partial charge in [0.15, 0.2) is 5.78 Å². The summed E-state index contributed by atoms with van der Waals surface area (Å²) in [5.41, 5.74) is -0.188. The Balaban J connectivity index is 1.33. The highest BCUT2D eigenvalue weighted by Gasteiger charge is 2.54. The number of halogens is 5. The first-order valence-electron chi connectivity index (χ1n) is 14.6. The molecule has 3 aliphatic carbocycles. The Morgan fingerprint density at radius 2 is 1.78 bits per heavy atom. The van der Waals surface area contributed by atoms with Crippen molar-refractivity contribution in [2.24, 2.45) is 5.41 Å². The van der Waals surface area contributed by atoms with Gasteiger partial charge in [0.05, 0.1) is 33.6 Å². The molecule has 0 amide bonds. The third kappa shape index (κ3) is 5.33. The number of sulfonamides is 1. The summed E-state index contributed by atoms with van der Waals surface area (Å²) in [6, 6.07) is 7.71. The summed E-state index contributed by atoms with van der Waals surface area (Å²) < 4.78 is 85.9. The fourth-order valence-electron chi connectivity index (χ4n) is 6.74. The van der Waals surface area contributed by atoms with Gasteiger partial charge >= 0.3 is 6.18 Å². The first-order valence-corrected chi connectivity index (χ1v) is 16.4. The number of hydrogen-bond acceptors (Lipinski definition) is 6. The Bertz CT molecular complexity index is 1990. The lowest BCUT2D eigenvalue weighted by Gasteiger charge is -2.46. The van der Waals surface area contributed by atoms with Gasteiger partial charge in [-0.15, -0.1) is 0 Å². The molecule has 0 saturated heterocycles. The van der Waals surface area contributed by atoms with Crippen LogP contribution in [0, 0.1) is 11.2 Å². The highest BCUT2D eigenvalue weighted by Crippen LogP contribution is 2.53. The van der Waals surface area contributed by atoms with Gasteiger partial charge in [0, 0.05) is 30.7 Å². The van der Waals surface area contributed by atoms with Crippen molar-refractivity contribution in [3.8, 4) is 5.69 Å². The van der Waals surface area contributed by atoms with Gasteiger partial charge in [-0.05, 0) is 92.6 Å². The van der Waals surface area contributed by atoms with Crippen LogP contribution in [0.25, 0.3) is 11.8 Å². The van der Waals surface area contributed by atoms with E-state index in [-0.39, 0.29) is 34.5 Å². The highest BCUT2D eigenvalue weighted by atomic mass is 35.5. The van der Waals surface area contributed by atoms with Crippen molar-refractivity contribution in [3.63, 3.8) is 0 Å². The van der Waals surface area contributed by atoms with Crippen LogP contribution in [0.1, 0.15) is 59.4 Å². The molecule has 238 valence electrons. The van der Waals surface area contributed by atoms with Crippen molar-refractivity contribution < 1.29 is 30.8 Å². The fraction of sp³-hybridized carbons (Fsp3) is 0.312. The quantitative estimate of drug-likeness (QED) is 0.161. The summed E-state index contributed by atoms with van der Waals surface area (Å²) >= 11 is 6.09. The van der Waals surface area contributed by atoms with Crippen molar-refractivity contribution >= 4 is 33.5 Å². The molecule has 0 aliphatic heterocycles. The molecule has 4 aromatic rings. The van der Waals surface area contributed by atoms with Crippen LogP contribution < -0.4 is 0 Å². The molecule has 8 nitrogen and oxygen atoms in total. The number of carbonyl (C=O) groups excluding carboxylic acids is 1. The van der Waals surface area contributed by atoms with E-state index in [1.807, 2.05) is 6.08 Å². The first-order chi connectivity index (χ1) is 21.9. The lowest BCUT2D eigenvalue weighted by molar-refractivity contribution is -0.137. The second-order valence-electron chi connectivity index (χ2n) is 11.9. The molecule has 0 N–H and O–H groups in total. The normalized spacial score (nSPS) is 21.4. The van der Waals surface area contributed by atoms with E-state index in [1.165, 1.54) is 34.9 Å². The fourth-order valence-corrected chi connectivity index (χ4v) is 8.87. The molecule has 2 saturated carbocycles. The first kappa shape index (κ1) is 30.7. The maximum atomic E-state index is 14.5. The standard InChI is InChI=1S/C32H26ClF4N5O3S/c33-22-13-27(18-38-17-22)46(44,45)42(25-7-8-25)26-4-1-20-12-29-19(16-40-41(29)24-5-2-23(34)3-6-24)14-31(20,15-26)30(43)28-11-21(9-10-39-28)32(35,36)37/h2-3,5-6,9-13,16-18,25-26H,1,4,7-8,14-15H2/t26-,31-/m0/s1. The molecule has 7 rings (SSSR count). The van der Waals surface area contributed by atoms with Gasteiger partial charge in [-0.2, -0.15) is 22.6 Å². The summed E-state index contributed by atoms with van der Waals surface area (Å²) in [5.74, 6) is -1.03.